The van der Waals surface area contributed by atoms with Crippen LogP contribution >= 0.6 is 0 Å². The summed E-state index contributed by atoms with van der Waals surface area (Å²) in [5.74, 6) is -2.03. The fourth-order valence-electron chi connectivity index (χ4n) is 2.67. The van der Waals surface area contributed by atoms with Crippen LogP contribution in [0, 0.1) is 0 Å². The second kappa shape index (κ2) is 3.76. The molecular weight excluding hydrogens is 272 g/mol. The standard InChI is InChI=1S/C15H8N2O4/c18-12-5-10-8-1-2-9(4-3-8)11-6-13(19)17(15(11)21)7-16(12)14(10)20/h1-6H,7H2. The van der Waals surface area contributed by atoms with Gasteiger partial charge < -0.3 is 0 Å². The van der Waals surface area contributed by atoms with Gasteiger partial charge in [-0.1, -0.05) is 24.3 Å². The van der Waals surface area contributed by atoms with E-state index in [0.717, 1.165) is 9.80 Å². The molecule has 1 aromatic carbocycles. The molecule has 0 radical (unpaired) electrons. The summed E-state index contributed by atoms with van der Waals surface area (Å²) in [6.45, 7) is -0.351. The molecule has 1 aromatic rings. The van der Waals surface area contributed by atoms with Gasteiger partial charge in [0, 0.05) is 12.2 Å². The molecule has 0 unspecified atom stereocenters. The number of amides is 4. The van der Waals surface area contributed by atoms with E-state index in [9.17, 15) is 19.2 Å². The molecule has 21 heavy (non-hydrogen) atoms. The lowest BCUT2D eigenvalue weighted by Gasteiger charge is -2.21. The molecule has 6 bridgehead atoms. The second-order valence-corrected chi connectivity index (χ2v) is 4.98. The van der Waals surface area contributed by atoms with Crippen LogP contribution in [-0.2, 0) is 19.2 Å². The van der Waals surface area contributed by atoms with E-state index >= 15 is 0 Å². The highest BCUT2D eigenvalue weighted by Crippen LogP contribution is 2.30. The summed E-state index contributed by atoms with van der Waals surface area (Å²) >= 11 is 0. The third-order valence-corrected chi connectivity index (χ3v) is 3.81. The second-order valence-electron chi connectivity index (χ2n) is 4.98. The molecule has 0 saturated carbocycles. The average Bonchev–Trinajstić information content (AvgIpc) is 2.90. The lowest BCUT2D eigenvalue weighted by Crippen LogP contribution is -2.44. The summed E-state index contributed by atoms with van der Waals surface area (Å²) in [6, 6.07) is 6.68. The molecule has 0 aliphatic carbocycles. The highest BCUT2D eigenvalue weighted by Gasteiger charge is 2.39. The van der Waals surface area contributed by atoms with E-state index in [1.807, 2.05) is 0 Å². The Balaban J connectivity index is 1.97. The maximum atomic E-state index is 12.3. The zero-order chi connectivity index (χ0) is 14.7. The average molecular weight is 280 g/mol. The summed E-state index contributed by atoms with van der Waals surface area (Å²) in [6.07, 6.45) is 2.47. The maximum Gasteiger partial charge on any atom is 0.263 e. The summed E-state index contributed by atoms with van der Waals surface area (Å²) in [7, 11) is 0. The molecule has 0 saturated heterocycles. The van der Waals surface area contributed by atoms with Gasteiger partial charge in [0.15, 0.2) is 0 Å². The van der Waals surface area contributed by atoms with Crippen molar-refractivity contribution in [1.82, 2.24) is 9.80 Å². The van der Waals surface area contributed by atoms with E-state index in [4.69, 9.17) is 0 Å². The van der Waals surface area contributed by atoms with Gasteiger partial charge in [0.05, 0.1) is 11.1 Å². The minimum absolute atomic E-state index is 0.277. The Labute approximate surface area is 118 Å². The van der Waals surface area contributed by atoms with Crippen LogP contribution in [0.15, 0.2) is 36.4 Å². The zero-order valence-corrected chi connectivity index (χ0v) is 10.7. The van der Waals surface area contributed by atoms with Gasteiger partial charge in [0.25, 0.3) is 23.6 Å². The quantitative estimate of drug-likeness (QED) is 0.635. The summed E-state index contributed by atoms with van der Waals surface area (Å²) in [4.78, 5) is 50.3. The molecule has 6 nitrogen and oxygen atoms in total. The van der Waals surface area contributed by atoms with Crippen LogP contribution in [0.2, 0.25) is 0 Å². The van der Waals surface area contributed by atoms with Crippen LogP contribution in [-0.4, -0.2) is 40.1 Å². The Morgan fingerprint density at radius 1 is 0.667 bits per heavy atom. The van der Waals surface area contributed by atoms with Crippen LogP contribution in [0.3, 0.4) is 0 Å². The number of hydrogen-bond donors (Lipinski definition) is 0. The van der Waals surface area contributed by atoms with Crippen LogP contribution < -0.4 is 0 Å². The number of hydrogen-bond acceptors (Lipinski definition) is 4. The van der Waals surface area contributed by atoms with Gasteiger partial charge in [-0.25, -0.2) is 0 Å². The van der Waals surface area contributed by atoms with Gasteiger partial charge in [-0.3, -0.25) is 29.0 Å². The lowest BCUT2D eigenvalue weighted by molar-refractivity contribution is -0.145. The van der Waals surface area contributed by atoms with Gasteiger partial charge in [-0.15, -0.1) is 0 Å². The Bertz CT molecular complexity index is 734. The van der Waals surface area contributed by atoms with Crippen molar-refractivity contribution in [1.29, 1.82) is 0 Å². The van der Waals surface area contributed by atoms with Gasteiger partial charge >= 0.3 is 0 Å². The number of fused-ring (bicyclic) bond motifs is 2. The Kier molecular flexibility index (Phi) is 2.11. The minimum atomic E-state index is -0.520. The third kappa shape index (κ3) is 1.47. The molecule has 0 atom stereocenters. The predicted molar refractivity (Wildman–Crippen MR) is 71.0 cm³/mol. The van der Waals surface area contributed by atoms with Crippen molar-refractivity contribution in [2.24, 2.45) is 0 Å². The van der Waals surface area contributed by atoms with Gasteiger partial charge in [-0.2, -0.15) is 0 Å². The first kappa shape index (κ1) is 11.8. The lowest BCUT2D eigenvalue weighted by atomic mass is 10.0. The maximum absolute atomic E-state index is 12.3. The fourth-order valence-corrected chi connectivity index (χ4v) is 2.67. The monoisotopic (exact) mass is 280 g/mol. The third-order valence-electron chi connectivity index (χ3n) is 3.81. The molecule has 4 aliphatic heterocycles. The van der Waals surface area contributed by atoms with Crippen molar-refractivity contribution in [3.05, 3.63) is 47.5 Å². The SMILES string of the molecule is O=C1C=C2C(=O)N1CN1C(=O)C=C(C1=O)c1ccc2cc1. The first-order valence-corrected chi connectivity index (χ1v) is 6.32. The highest BCUT2D eigenvalue weighted by molar-refractivity contribution is 6.36. The molecular formula is C15H8N2O4. The molecule has 6 heteroatoms. The van der Waals surface area contributed by atoms with Gasteiger partial charge in [0.2, 0.25) is 0 Å². The molecule has 0 N–H and O–H groups in total. The van der Waals surface area contributed by atoms with Crippen molar-refractivity contribution in [2.45, 2.75) is 0 Å². The summed E-state index contributed by atoms with van der Waals surface area (Å²) < 4.78 is 0. The Morgan fingerprint density at radius 3 is 1.43 bits per heavy atom. The van der Waals surface area contributed by atoms with Crippen LogP contribution in [0.25, 0.3) is 11.1 Å². The van der Waals surface area contributed by atoms with Crippen molar-refractivity contribution in [3.8, 4) is 0 Å². The van der Waals surface area contributed by atoms with Crippen LogP contribution in [0.5, 0.6) is 0 Å². The molecule has 0 fully saturated rings. The topological polar surface area (TPSA) is 74.8 Å². The fraction of sp³-hybridized carbons (Fsp3) is 0.0667. The zero-order valence-electron chi connectivity index (χ0n) is 10.7. The molecule has 4 heterocycles. The number of benzene rings is 1. The van der Waals surface area contributed by atoms with E-state index < -0.39 is 23.6 Å². The molecule has 4 amide bonds. The number of nitrogens with zero attached hydrogens (tertiary/aromatic N) is 2. The van der Waals surface area contributed by atoms with Crippen LogP contribution in [0.1, 0.15) is 11.1 Å². The molecule has 5 rings (SSSR count). The largest absolute Gasteiger partial charge is 0.269 e. The van der Waals surface area contributed by atoms with Crippen molar-refractivity contribution >= 4 is 34.8 Å². The molecule has 4 aliphatic rings. The van der Waals surface area contributed by atoms with Crippen molar-refractivity contribution in [3.63, 3.8) is 0 Å². The van der Waals surface area contributed by atoms with Crippen LogP contribution in [0.4, 0.5) is 0 Å². The molecule has 0 spiro atoms. The van der Waals surface area contributed by atoms with E-state index in [2.05, 4.69) is 0 Å². The predicted octanol–water partition coefficient (Wildman–Crippen LogP) is 0.162. The number of imide groups is 2. The Morgan fingerprint density at radius 2 is 1.05 bits per heavy atom. The number of carbonyl (C=O) groups is 4. The van der Waals surface area contributed by atoms with E-state index in [0.29, 0.717) is 11.1 Å². The molecule has 0 aromatic heterocycles. The van der Waals surface area contributed by atoms with E-state index in [-0.39, 0.29) is 17.8 Å². The summed E-state index contributed by atoms with van der Waals surface area (Å²) in [5.41, 5.74) is 1.79. The first-order chi connectivity index (χ1) is 10.1. The highest BCUT2D eigenvalue weighted by atomic mass is 16.2. The van der Waals surface area contributed by atoms with Crippen molar-refractivity contribution in [2.75, 3.05) is 6.67 Å². The minimum Gasteiger partial charge on any atom is -0.269 e. The molecule has 102 valence electrons. The first-order valence-electron chi connectivity index (χ1n) is 6.32. The normalized spacial score (nSPS) is 20.0. The van der Waals surface area contributed by atoms with E-state index in [1.54, 1.807) is 24.3 Å². The summed E-state index contributed by atoms with van der Waals surface area (Å²) in [5, 5.41) is 0. The van der Waals surface area contributed by atoms with Crippen molar-refractivity contribution < 1.29 is 19.2 Å². The van der Waals surface area contributed by atoms with Gasteiger partial charge in [-0.05, 0) is 11.1 Å². The Hall–Kier alpha value is -3.02. The smallest absolute Gasteiger partial charge is 0.263 e. The van der Waals surface area contributed by atoms with E-state index in [1.165, 1.54) is 12.2 Å². The van der Waals surface area contributed by atoms with Gasteiger partial charge in [0.1, 0.15) is 6.67 Å². The number of rotatable bonds is 0. The number of carbonyl (C=O) groups excluding carboxylic acids is 4.